The molecule has 9 heteroatoms. The highest BCUT2D eigenvalue weighted by molar-refractivity contribution is 5.84. The number of aliphatic carboxylic acids is 1. The Balaban J connectivity index is 2.13. The summed E-state index contributed by atoms with van der Waals surface area (Å²) in [5.41, 5.74) is 0.925. The number of carboxylic acids is 1. The molecule has 0 radical (unpaired) electrons. The van der Waals surface area contributed by atoms with Crippen LogP contribution in [0, 0.1) is 13.8 Å². The lowest BCUT2D eigenvalue weighted by Gasteiger charge is -2.16. The monoisotopic (exact) mass is 355 g/mol. The minimum Gasteiger partial charge on any atom is -0.479 e. The number of nitrogens with zero attached hydrogens (tertiary/aromatic N) is 2. The van der Waals surface area contributed by atoms with Crippen molar-refractivity contribution in [1.29, 1.82) is 0 Å². The summed E-state index contributed by atoms with van der Waals surface area (Å²) in [5.74, 6) is -2.03. The summed E-state index contributed by atoms with van der Waals surface area (Å²) in [6.45, 7) is 3.06. The van der Waals surface area contributed by atoms with E-state index in [1.165, 1.54) is 0 Å². The largest absolute Gasteiger partial charge is 0.479 e. The molecule has 0 saturated carbocycles. The van der Waals surface area contributed by atoms with Gasteiger partial charge in [-0.15, -0.1) is 0 Å². The van der Waals surface area contributed by atoms with Gasteiger partial charge >= 0.3 is 12.1 Å². The number of carboxylic acid groups (broad SMARTS) is 1. The number of aromatic nitrogens is 2. The van der Waals surface area contributed by atoms with Crippen LogP contribution < -0.4 is 5.32 Å². The summed E-state index contributed by atoms with van der Waals surface area (Å²) in [6, 6.07) is 4.55. The first-order chi connectivity index (χ1) is 11.6. The Morgan fingerprint density at radius 3 is 2.32 bits per heavy atom. The lowest BCUT2D eigenvalue weighted by atomic mass is 10.0. The number of nitrogens with one attached hydrogen (secondary N) is 1. The van der Waals surface area contributed by atoms with E-state index < -0.39 is 36.3 Å². The molecule has 0 fully saturated rings. The van der Waals surface area contributed by atoms with Crippen molar-refractivity contribution in [2.45, 2.75) is 32.6 Å². The lowest BCUT2D eigenvalue weighted by molar-refractivity contribution is -0.142. The number of hydrogen-bond acceptors (Lipinski definition) is 3. The molecular formula is C16H16F3N3O3. The smallest absolute Gasteiger partial charge is 0.435 e. The van der Waals surface area contributed by atoms with Crippen molar-refractivity contribution in [3.63, 3.8) is 0 Å². The molecule has 134 valence electrons. The van der Waals surface area contributed by atoms with Crippen molar-refractivity contribution in [3.05, 3.63) is 52.8 Å². The number of carbonyl (C=O) groups excluding carboxylic acids is 1. The second-order valence-corrected chi connectivity index (χ2v) is 5.66. The standard InChI is InChI=1S/C16H16F3N3O3/c1-9-5-10(2)7-11(6-9)14(15(24)25)20-13(23)8-22-4-3-12(21-22)16(17,18)19/h3-7,14H,8H2,1-2H3,(H,20,23)(H,24,25). The van der Waals surface area contributed by atoms with Gasteiger partial charge in [0.15, 0.2) is 11.7 Å². The second-order valence-electron chi connectivity index (χ2n) is 5.66. The summed E-state index contributed by atoms with van der Waals surface area (Å²) in [7, 11) is 0. The number of halogens is 3. The van der Waals surface area contributed by atoms with Crippen molar-refractivity contribution in [2.75, 3.05) is 0 Å². The van der Waals surface area contributed by atoms with Gasteiger partial charge in [0.1, 0.15) is 6.54 Å². The molecule has 0 aliphatic rings. The van der Waals surface area contributed by atoms with Crippen molar-refractivity contribution < 1.29 is 27.9 Å². The molecule has 1 atom stereocenters. The minimum atomic E-state index is -4.61. The summed E-state index contributed by atoms with van der Waals surface area (Å²) in [5, 5.41) is 14.9. The van der Waals surface area contributed by atoms with Gasteiger partial charge < -0.3 is 10.4 Å². The Labute approximate surface area is 141 Å². The number of carbonyl (C=O) groups is 2. The predicted molar refractivity (Wildman–Crippen MR) is 81.7 cm³/mol. The molecule has 0 saturated heterocycles. The molecule has 6 nitrogen and oxygen atoms in total. The Bertz CT molecular complexity index is 779. The van der Waals surface area contributed by atoms with Gasteiger partial charge in [0.25, 0.3) is 0 Å². The maximum absolute atomic E-state index is 12.5. The van der Waals surface area contributed by atoms with Gasteiger partial charge in [-0.25, -0.2) is 4.79 Å². The van der Waals surface area contributed by atoms with E-state index in [-0.39, 0.29) is 0 Å². The third-order valence-electron chi connectivity index (χ3n) is 3.37. The molecular weight excluding hydrogens is 339 g/mol. The topological polar surface area (TPSA) is 84.2 Å². The van der Waals surface area contributed by atoms with E-state index in [2.05, 4.69) is 10.4 Å². The normalized spacial score (nSPS) is 12.7. The number of rotatable bonds is 5. The highest BCUT2D eigenvalue weighted by Gasteiger charge is 2.33. The van der Waals surface area contributed by atoms with Crippen LogP contribution in [-0.2, 0) is 22.3 Å². The lowest BCUT2D eigenvalue weighted by Crippen LogP contribution is -2.36. The van der Waals surface area contributed by atoms with Crippen LogP contribution in [0.2, 0.25) is 0 Å². The van der Waals surface area contributed by atoms with Gasteiger partial charge in [-0.1, -0.05) is 29.3 Å². The fourth-order valence-electron chi connectivity index (χ4n) is 2.42. The van der Waals surface area contributed by atoms with Gasteiger partial charge in [-0.05, 0) is 25.5 Å². The first kappa shape index (κ1) is 18.5. The molecule has 1 aromatic carbocycles. The zero-order valence-electron chi connectivity index (χ0n) is 13.5. The fraction of sp³-hybridized carbons (Fsp3) is 0.312. The number of amides is 1. The average molecular weight is 355 g/mol. The van der Waals surface area contributed by atoms with E-state index in [1.54, 1.807) is 26.0 Å². The third kappa shape index (κ3) is 4.82. The van der Waals surface area contributed by atoms with E-state index in [4.69, 9.17) is 0 Å². The van der Waals surface area contributed by atoms with Crippen LogP contribution in [0.4, 0.5) is 13.2 Å². The van der Waals surface area contributed by atoms with Crippen LogP contribution in [0.5, 0.6) is 0 Å². The summed E-state index contributed by atoms with van der Waals surface area (Å²) in [6.07, 6.45) is -3.60. The molecule has 0 spiro atoms. The van der Waals surface area contributed by atoms with E-state index in [0.717, 1.165) is 28.1 Å². The Kier molecular flexibility index (Phi) is 5.15. The molecule has 1 amide bonds. The van der Waals surface area contributed by atoms with Crippen LogP contribution in [0.15, 0.2) is 30.5 Å². The molecule has 0 aliphatic heterocycles. The minimum absolute atomic E-state index is 0.384. The van der Waals surface area contributed by atoms with Crippen molar-refractivity contribution >= 4 is 11.9 Å². The van der Waals surface area contributed by atoms with Gasteiger partial charge in [0.2, 0.25) is 5.91 Å². The zero-order chi connectivity index (χ0) is 18.8. The van der Waals surface area contributed by atoms with Crippen LogP contribution in [-0.4, -0.2) is 26.8 Å². The molecule has 1 aromatic heterocycles. The van der Waals surface area contributed by atoms with Crippen molar-refractivity contribution in [2.24, 2.45) is 0 Å². The van der Waals surface area contributed by atoms with Crippen LogP contribution >= 0.6 is 0 Å². The molecule has 2 N–H and O–H groups in total. The quantitative estimate of drug-likeness (QED) is 0.863. The molecule has 1 unspecified atom stereocenters. The predicted octanol–water partition coefficient (Wildman–Crippen LogP) is 2.46. The fourth-order valence-corrected chi connectivity index (χ4v) is 2.42. The molecule has 1 heterocycles. The van der Waals surface area contributed by atoms with E-state index in [0.29, 0.717) is 5.56 Å². The van der Waals surface area contributed by atoms with Crippen LogP contribution in [0.1, 0.15) is 28.4 Å². The average Bonchev–Trinajstić information content (AvgIpc) is 2.91. The van der Waals surface area contributed by atoms with Crippen LogP contribution in [0.3, 0.4) is 0 Å². The molecule has 25 heavy (non-hydrogen) atoms. The third-order valence-corrected chi connectivity index (χ3v) is 3.37. The Morgan fingerprint density at radius 2 is 1.84 bits per heavy atom. The number of hydrogen-bond donors (Lipinski definition) is 2. The second kappa shape index (κ2) is 6.96. The Morgan fingerprint density at radius 1 is 1.24 bits per heavy atom. The number of benzene rings is 1. The van der Waals surface area contributed by atoms with Gasteiger partial charge in [-0.2, -0.15) is 18.3 Å². The van der Waals surface area contributed by atoms with E-state index in [9.17, 15) is 27.9 Å². The van der Waals surface area contributed by atoms with E-state index >= 15 is 0 Å². The van der Waals surface area contributed by atoms with Crippen LogP contribution in [0.25, 0.3) is 0 Å². The van der Waals surface area contributed by atoms with E-state index in [1.807, 2.05) is 6.07 Å². The SMILES string of the molecule is Cc1cc(C)cc(C(NC(=O)Cn2ccc(C(F)(F)F)n2)C(=O)O)c1. The van der Waals surface area contributed by atoms with Gasteiger partial charge in [-0.3, -0.25) is 9.48 Å². The first-order valence-electron chi connectivity index (χ1n) is 7.27. The highest BCUT2D eigenvalue weighted by atomic mass is 19.4. The molecule has 0 bridgehead atoms. The molecule has 0 aliphatic carbocycles. The first-order valence-corrected chi connectivity index (χ1v) is 7.27. The number of alkyl halides is 3. The van der Waals surface area contributed by atoms with Gasteiger partial charge in [0, 0.05) is 6.20 Å². The molecule has 2 rings (SSSR count). The van der Waals surface area contributed by atoms with Crippen molar-refractivity contribution in [1.82, 2.24) is 15.1 Å². The summed E-state index contributed by atoms with van der Waals surface area (Å²) in [4.78, 5) is 23.5. The van der Waals surface area contributed by atoms with Crippen molar-refractivity contribution in [3.8, 4) is 0 Å². The zero-order valence-corrected chi connectivity index (χ0v) is 13.5. The Hall–Kier alpha value is -2.84. The molecule has 2 aromatic rings. The highest BCUT2D eigenvalue weighted by Crippen LogP contribution is 2.27. The maximum atomic E-state index is 12.5. The maximum Gasteiger partial charge on any atom is 0.435 e. The summed E-state index contributed by atoms with van der Waals surface area (Å²) < 4.78 is 38.3. The number of aryl methyl sites for hydroxylation is 2. The van der Waals surface area contributed by atoms with Gasteiger partial charge in [0.05, 0.1) is 0 Å². The summed E-state index contributed by atoms with van der Waals surface area (Å²) >= 11 is 0.